The molecule has 9 nitrogen and oxygen atoms in total. The van der Waals surface area contributed by atoms with Crippen molar-refractivity contribution in [3.63, 3.8) is 0 Å². The van der Waals surface area contributed by atoms with Crippen molar-refractivity contribution < 1.29 is 27.5 Å². The number of nitrogens with two attached hydrogens (primary N) is 1. The summed E-state index contributed by atoms with van der Waals surface area (Å²) in [7, 11) is -2.56. The van der Waals surface area contributed by atoms with E-state index in [0.717, 1.165) is 12.8 Å². The summed E-state index contributed by atoms with van der Waals surface area (Å²) in [6, 6.07) is 9.40. The van der Waals surface area contributed by atoms with E-state index < -0.39 is 21.7 Å². The number of aryl methyl sites for hydroxylation is 1. The third-order valence-electron chi connectivity index (χ3n) is 6.06. The van der Waals surface area contributed by atoms with E-state index >= 15 is 0 Å². The average molecular weight is 496 g/mol. The molecule has 35 heavy (non-hydrogen) atoms. The Balaban J connectivity index is 1.69. The first-order valence-corrected chi connectivity index (χ1v) is 12.5. The van der Waals surface area contributed by atoms with E-state index in [0.29, 0.717) is 29.7 Å². The van der Waals surface area contributed by atoms with Gasteiger partial charge in [0, 0.05) is 23.2 Å². The topological polar surface area (TPSA) is 148 Å². The standard InChI is InChI=1S/C25H25N3O6S/c1-14-22-18(5-3-4-6-20(22)29)23(27-14)25(31)28-19-13-17(11-12-21(19)34-2)35(32,33)16-9-7-15(8-10-16)24(26)30/h7-13,27H,3-6H2,1-2H3,(H2,26,30)(H,28,31). The number of ketones is 1. The summed E-state index contributed by atoms with van der Waals surface area (Å²) in [5.41, 5.74) is 7.74. The number of nitrogens with one attached hydrogen (secondary N) is 2. The minimum Gasteiger partial charge on any atom is -0.495 e. The molecule has 2 aromatic carbocycles. The summed E-state index contributed by atoms with van der Waals surface area (Å²) >= 11 is 0. The average Bonchev–Trinajstić information content (AvgIpc) is 3.04. The fourth-order valence-corrected chi connectivity index (χ4v) is 5.57. The first-order valence-electron chi connectivity index (χ1n) is 11.0. The molecule has 10 heteroatoms. The number of hydrogen-bond donors (Lipinski definition) is 3. The van der Waals surface area contributed by atoms with E-state index in [2.05, 4.69) is 10.3 Å². The maximum Gasteiger partial charge on any atom is 0.272 e. The number of carbonyl (C=O) groups excluding carboxylic acids is 3. The first-order chi connectivity index (χ1) is 16.6. The van der Waals surface area contributed by atoms with Gasteiger partial charge in [-0.1, -0.05) is 0 Å². The molecule has 0 aliphatic heterocycles. The van der Waals surface area contributed by atoms with Crippen molar-refractivity contribution in [1.82, 2.24) is 4.98 Å². The summed E-state index contributed by atoms with van der Waals surface area (Å²) in [4.78, 5) is 39.9. The molecule has 1 heterocycles. The smallest absolute Gasteiger partial charge is 0.272 e. The number of carbonyl (C=O) groups is 3. The fourth-order valence-electron chi connectivity index (χ4n) is 4.28. The van der Waals surface area contributed by atoms with E-state index in [1.807, 2.05) is 0 Å². The van der Waals surface area contributed by atoms with E-state index in [9.17, 15) is 22.8 Å². The predicted octanol–water partition coefficient (Wildman–Crippen LogP) is 3.42. The van der Waals surface area contributed by atoms with Gasteiger partial charge in [0.05, 0.1) is 22.6 Å². The molecule has 2 amide bonds. The number of hydrogen-bond acceptors (Lipinski definition) is 6. The van der Waals surface area contributed by atoms with Gasteiger partial charge in [0.25, 0.3) is 5.91 Å². The molecular weight excluding hydrogens is 470 g/mol. The maximum absolute atomic E-state index is 13.2. The number of ether oxygens (including phenoxy) is 1. The number of Topliss-reactive ketones (excluding diaryl/α,β-unsaturated/α-hetero) is 1. The number of rotatable bonds is 6. The van der Waals surface area contributed by atoms with Gasteiger partial charge in [-0.2, -0.15) is 0 Å². The number of anilines is 1. The lowest BCUT2D eigenvalue weighted by Gasteiger charge is -2.13. The molecule has 0 spiro atoms. The number of aromatic nitrogens is 1. The SMILES string of the molecule is COc1ccc(S(=O)(=O)c2ccc(C(N)=O)cc2)cc1NC(=O)c1[nH]c(C)c2c1CCCCC2=O. The van der Waals surface area contributed by atoms with E-state index in [4.69, 9.17) is 10.5 Å². The minimum absolute atomic E-state index is 0.0123. The van der Waals surface area contributed by atoms with Crippen LogP contribution in [0.25, 0.3) is 0 Å². The van der Waals surface area contributed by atoms with Crippen LogP contribution >= 0.6 is 0 Å². The summed E-state index contributed by atoms with van der Waals surface area (Å²) in [6.45, 7) is 1.76. The van der Waals surface area contributed by atoms with Crippen LogP contribution in [0.2, 0.25) is 0 Å². The second-order valence-corrected chi connectivity index (χ2v) is 10.3. The zero-order valence-electron chi connectivity index (χ0n) is 19.3. The minimum atomic E-state index is -3.96. The van der Waals surface area contributed by atoms with Crippen LogP contribution in [0.1, 0.15) is 61.7 Å². The molecule has 4 N–H and O–H groups in total. The van der Waals surface area contributed by atoms with Crippen LogP contribution in [-0.2, 0) is 16.3 Å². The normalized spacial score (nSPS) is 13.6. The lowest BCUT2D eigenvalue weighted by Crippen LogP contribution is -2.16. The highest BCUT2D eigenvalue weighted by atomic mass is 32.2. The van der Waals surface area contributed by atoms with Crippen molar-refractivity contribution >= 4 is 33.1 Å². The van der Waals surface area contributed by atoms with Crippen LogP contribution in [0.15, 0.2) is 52.3 Å². The van der Waals surface area contributed by atoms with Gasteiger partial charge in [0.1, 0.15) is 11.4 Å². The molecule has 0 radical (unpaired) electrons. The van der Waals surface area contributed by atoms with Gasteiger partial charge in [-0.15, -0.1) is 0 Å². The van der Waals surface area contributed by atoms with Gasteiger partial charge in [-0.25, -0.2) is 8.42 Å². The Labute approximate surface area is 202 Å². The molecular formula is C25H25N3O6S. The molecule has 0 bridgehead atoms. The Bertz CT molecular complexity index is 1440. The second-order valence-electron chi connectivity index (χ2n) is 8.32. The number of aromatic amines is 1. The molecule has 4 rings (SSSR count). The number of fused-ring (bicyclic) bond motifs is 1. The number of amides is 2. The number of sulfone groups is 1. The van der Waals surface area contributed by atoms with E-state index in [1.165, 1.54) is 49.6 Å². The van der Waals surface area contributed by atoms with Gasteiger partial charge in [-0.05, 0) is 74.2 Å². The van der Waals surface area contributed by atoms with Crippen LogP contribution < -0.4 is 15.8 Å². The monoisotopic (exact) mass is 495 g/mol. The van der Waals surface area contributed by atoms with Crippen molar-refractivity contribution in [2.24, 2.45) is 5.73 Å². The summed E-state index contributed by atoms with van der Waals surface area (Å²) < 4.78 is 31.7. The van der Waals surface area contributed by atoms with Gasteiger partial charge >= 0.3 is 0 Å². The zero-order valence-corrected chi connectivity index (χ0v) is 20.1. The number of primary amides is 1. The molecule has 1 aromatic heterocycles. The number of benzene rings is 2. The summed E-state index contributed by atoms with van der Waals surface area (Å²) in [6.07, 6.45) is 2.60. The van der Waals surface area contributed by atoms with Crippen LogP contribution in [-0.4, -0.2) is 38.1 Å². The molecule has 182 valence electrons. The lowest BCUT2D eigenvalue weighted by molar-refractivity contribution is 0.0978. The van der Waals surface area contributed by atoms with Crippen LogP contribution in [0.5, 0.6) is 5.75 Å². The number of H-pyrrole nitrogens is 1. The zero-order chi connectivity index (χ0) is 25.3. The van der Waals surface area contributed by atoms with Crippen LogP contribution in [0, 0.1) is 6.92 Å². The third-order valence-corrected chi connectivity index (χ3v) is 7.82. The Kier molecular flexibility index (Phi) is 6.49. The molecule has 0 saturated carbocycles. The van der Waals surface area contributed by atoms with Gasteiger partial charge in [-0.3, -0.25) is 14.4 Å². The highest BCUT2D eigenvalue weighted by Gasteiger charge is 2.27. The van der Waals surface area contributed by atoms with Crippen LogP contribution in [0.3, 0.4) is 0 Å². The van der Waals surface area contributed by atoms with Crippen molar-refractivity contribution in [1.29, 1.82) is 0 Å². The summed E-state index contributed by atoms with van der Waals surface area (Å²) in [5, 5.41) is 2.73. The van der Waals surface area contributed by atoms with Crippen molar-refractivity contribution in [3.05, 3.63) is 70.5 Å². The maximum atomic E-state index is 13.2. The van der Waals surface area contributed by atoms with Gasteiger partial charge < -0.3 is 20.8 Å². The Morgan fingerprint density at radius 3 is 2.34 bits per heavy atom. The highest BCUT2D eigenvalue weighted by Crippen LogP contribution is 2.32. The molecule has 0 fully saturated rings. The molecule has 1 aliphatic rings. The third kappa shape index (κ3) is 4.57. The Morgan fingerprint density at radius 2 is 1.69 bits per heavy atom. The fraction of sp³-hybridized carbons (Fsp3) is 0.240. The molecule has 0 saturated heterocycles. The Morgan fingerprint density at radius 1 is 1.03 bits per heavy atom. The van der Waals surface area contributed by atoms with Gasteiger partial charge in [0.2, 0.25) is 15.7 Å². The number of methoxy groups -OCH3 is 1. The first kappa shape index (κ1) is 24.2. The molecule has 1 aliphatic carbocycles. The van der Waals surface area contributed by atoms with Crippen LogP contribution in [0.4, 0.5) is 5.69 Å². The highest BCUT2D eigenvalue weighted by molar-refractivity contribution is 7.91. The van der Waals surface area contributed by atoms with Crippen molar-refractivity contribution in [3.8, 4) is 5.75 Å². The van der Waals surface area contributed by atoms with E-state index in [1.54, 1.807) is 6.92 Å². The van der Waals surface area contributed by atoms with Crippen molar-refractivity contribution in [2.45, 2.75) is 42.4 Å². The largest absolute Gasteiger partial charge is 0.495 e. The lowest BCUT2D eigenvalue weighted by atomic mass is 10.0. The second kappa shape index (κ2) is 9.38. The molecule has 0 unspecified atom stereocenters. The summed E-state index contributed by atoms with van der Waals surface area (Å²) in [5.74, 6) is -0.879. The van der Waals surface area contributed by atoms with Crippen molar-refractivity contribution in [2.75, 3.05) is 12.4 Å². The van der Waals surface area contributed by atoms with E-state index in [-0.39, 0.29) is 38.3 Å². The quantitative estimate of drug-likeness (QED) is 0.446. The predicted molar refractivity (Wildman–Crippen MR) is 129 cm³/mol. The molecule has 0 atom stereocenters. The van der Waals surface area contributed by atoms with Gasteiger partial charge in [0.15, 0.2) is 5.78 Å². The molecule has 3 aromatic rings. The Hall–Kier alpha value is -3.92.